The molecule has 0 aromatic heterocycles. The van der Waals surface area contributed by atoms with Crippen LogP contribution in [0.5, 0.6) is 0 Å². The zero-order valence-electron chi connectivity index (χ0n) is 10.6. The van der Waals surface area contributed by atoms with Gasteiger partial charge in [0.1, 0.15) is 5.82 Å². The van der Waals surface area contributed by atoms with Gasteiger partial charge in [-0.3, -0.25) is 0 Å². The third-order valence-electron chi connectivity index (χ3n) is 3.77. The number of nitriles is 1. The summed E-state index contributed by atoms with van der Waals surface area (Å²) in [4.78, 5) is 2.02. The molecule has 1 aromatic rings. The van der Waals surface area contributed by atoms with Crippen molar-refractivity contribution in [3.8, 4) is 6.07 Å². The fraction of sp³-hybridized carbons (Fsp3) is 0.500. The van der Waals surface area contributed by atoms with E-state index in [0.29, 0.717) is 0 Å². The van der Waals surface area contributed by atoms with Crippen molar-refractivity contribution in [1.82, 2.24) is 4.90 Å². The van der Waals surface area contributed by atoms with E-state index in [1.807, 2.05) is 19.0 Å². The monoisotopic (exact) mass is 266 g/mol. The second-order valence-corrected chi connectivity index (χ2v) is 5.57. The van der Waals surface area contributed by atoms with Gasteiger partial charge < -0.3 is 4.90 Å². The van der Waals surface area contributed by atoms with Crippen molar-refractivity contribution in [3.63, 3.8) is 0 Å². The molecule has 0 bridgehead atoms. The van der Waals surface area contributed by atoms with Crippen LogP contribution in [0.25, 0.3) is 0 Å². The quantitative estimate of drug-likeness (QED) is 0.833. The van der Waals surface area contributed by atoms with Gasteiger partial charge in [0.2, 0.25) is 0 Å². The van der Waals surface area contributed by atoms with Crippen LogP contribution in [0, 0.1) is 22.6 Å². The molecule has 0 N–H and O–H groups in total. The van der Waals surface area contributed by atoms with Crippen molar-refractivity contribution in [1.29, 1.82) is 5.26 Å². The molecule has 0 aliphatic heterocycles. The van der Waals surface area contributed by atoms with Crippen LogP contribution >= 0.6 is 11.6 Å². The normalized spacial score (nSPS) is 19.1. The predicted octanol–water partition coefficient (Wildman–Crippen LogP) is 3.78. The molecule has 0 heterocycles. The second-order valence-electron chi connectivity index (χ2n) is 5.16. The van der Waals surface area contributed by atoms with Gasteiger partial charge in [0.15, 0.2) is 0 Å². The number of rotatable bonds is 3. The second kappa shape index (κ2) is 4.87. The summed E-state index contributed by atoms with van der Waals surface area (Å²) in [7, 11) is 3.89. The molecule has 0 radical (unpaired) electrons. The zero-order valence-corrected chi connectivity index (χ0v) is 11.3. The highest BCUT2D eigenvalue weighted by Crippen LogP contribution is 2.52. The Kier molecular flexibility index (Phi) is 3.61. The molecule has 18 heavy (non-hydrogen) atoms. The van der Waals surface area contributed by atoms with Crippen molar-refractivity contribution < 1.29 is 4.39 Å². The summed E-state index contributed by atoms with van der Waals surface area (Å²) in [6.07, 6.45) is 2.86. The Labute approximate surface area is 112 Å². The minimum Gasteiger partial charge on any atom is -0.301 e. The molecule has 1 aromatic carbocycles. The Morgan fingerprint density at radius 3 is 2.50 bits per heavy atom. The van der Waals surface area contributed by atoms with E-state index in [9.17, 15) is 9.65 Å². The standard InChI is InChI=1S/C14H16ClFN2/c1-18(2)13(14(9-17)6-3-7-14)10-4-5-12(16)11(15)8-10/h4-5,8,13H,3,6-7H2,1-2H3. The van der Waals surface area contributed by atoms with Gasteiger partial charge >= 0.3 is 0 Å². The number of nitrogens with zero attached hydrogens (tertiary/aromatic N) is 2. The average Bonchev–Trinajstić information content (AvgIpc) is 2.27. The summed E-state index contributed by atoms with van der Waals surface area (Å²) in [5.41, 5.74) is 0.553. The maximum absolute atomic E-state index is 13.2. The van der Waals surface area contributed by atoms with E-state index >= 15 is 0 Å². The van der Waals surface area contributed by atoms with Crippen LogP contribution in [0.1, 0.15) is 30.9 Å². The maximum Gasteiger partial charge on any atom is 0.141 e. The molecular weight excluding hydrogens is 251 g/mol. The third-order valence-corrected chi connectivity index (χ3v) is 4.06. The van der Waals surface area contributed by atoms with E-state index in [4.69, 9.17) is 11.6 Å². The van der Waals surface area contributed by atoms with Crippen LogP contribution in [0.3, 0.4) is 0 Å². The molecule has 96 valence electrons. The predicted molar refractivity (Wildman–Crippen MR) is 69.7 cm³/mol. The largest absolute Gasteiger partial charge is 0.301 e. The molecule has 2 rings (SSSR count). The molecule has 2 nitrogen and oxygen atoms in total. The first kappa shape index (κ1) is 13.3. The van der Waals surface area contributed by atoms with Crippen LogP contribution < -0.4 is 0 Å². The Morgan fingerprint density at radius 2 is 2.11 bits per heavy atom. The summed E-state index contributed by atoms with van der Waals surface area (Å²) >= 11 is 5.84. The Hall–Kier alpha value is -1.11. The highest BCUT2D eigenvalue weighted by atomic mass is 35.5. The Morgan fingerprint density at radius 1 is 1.44 bits per heavy atom. The zero-order chi connectivity index (χ0) is 13.3. The number of benzene rings is 1. The molecule has 1 aliphatic rings. The van der Waals surface area contributed by atoms with Crippen molar-refractivity contribution >= 4 is 11.6 Å². The fourth-order valence-electron chi connectivity index (χ4n) is 2.80. The van der Waals surface area contributed by atoms with Gasteiger partial charge in [-0.25, -0.2) is 4.39 Å². The summed E-state index contributed by atoms with van der Waals surface area (Å²) in [6, 6.07) is 7.15. The molecule has 1 unspecified atom stereocenters. The van der Waals surface area contributed by atoms with E-state index < -0.39 is 5.82 Å². The van der Waals surface area contributed by atoms with Gasteiger partial charge in [0.05, 0.1) is 22.5 Å². The van der Waals surface area contributed by atoms with E-state index in [0.717, 1.165) is 24.8 Å². The molecule has 0 spiro atoms. The van der Waals surface area contributed by atoms with Gasteiger partial charge in [-0.15, -0.1) is 0 Å². The van der Waals surface area contributed by atoms with Gasteiger partial charge in [-0.1, -0.05) is 24.1 Å². The molecule has 1 fully saturated rings. The van der Waals surface area contributed by atoms with Crippen LogP contribution in [-0.4, -0.2) is 19.0 Å². The lowest BCUT2D eigenvalue weighted by Gasteiger charge is -2.45. The van der Waals surface area contributed by atoms with Crippen molar-refractivity contribution in [2.75, 3.05) is 14.1 Å². The van der Waals surface area contributed by atoms with Gasteiger partial charge in [0.25, 0.3) is 0 Å². The molecule has 1 aliphatic carbocycles. The first-order chi connectivity index (χ1) is 8.50. The number of hydrogen-bond acceptors (Lipinski definition) is 2. The van der Waals surface area contributed by atoms with E-state index in [2.05, 4.69) is 6.07 Å². The average molecular weight is 267 g/mol. The van der Waals surface area contributed by atoms with Crippen LogP contribution in [0.15, 0.2) is 18.2 Å². The lowest BCUT2D eigenvalue weighted by molar-refractivity contribution is 0.0748. The van der Waals surface area contributed by atoms with Crippen molar-refractivity contribution in [2.45, 2.75) is 25.3 Å². The van der Waals surface area contributed by atoms with Crippen molar-refractivity contribution in [2.24, 2.45) is 5.41 Å². The molecular formula is C14H16ClFN2. The van der Waals surface area contributed by atoms with E-state index in [1.165, 1.54) is 6.07 Å². The van der Waals surface area contributed by atoms with E-state index in [-0.39, 0.29) is 16.5 Å². The third kappa shape index (κ3) is 2.11. The first-order valence-electron chi connectivity index (χ1n) is 6.03. The van der Waals surface area contributed by atoms with Crippen LogP contribution in [-0.2, 0) is 0 Å². The van der Waals surface area contributed by atoms with Gasteiger partial charge in [-0.2, -0.15) is 5.26 Å². The minimum absolute atomic E-state index is 0.0330. The Balaban J connectivity index is 2.42. The first-order valence-corrected chi connectivity index (χ1v) is 6.40. The minimum atomic E-state index is -0.419. The van der Waals surface area contributed by atoms with Gasteiger partial charge in [-0.05, 0) is 44.6 Å². The maximum atomic E-state index is 13.2. The lowest BCUT2D eigenvalue weighted by atomic mass is 9.63. The number of halogens is 2. The lowest BCUT2D eigenvalue weighted by Crippen LogP contribution is -2.41. The summed E-state index contributed by atoms with van der Waals surface area (Å²) in [6.45, 7) is 0. The SMILES string of the molecule is CN(C)C(c1ccc(F)c(Cl)c1)C1(C#N)CCC1. The van der Waals surface area contributed by atoms with E-state index in [1.54, 1.807) is 12.1 Å². The highest BCUT2D eigenvalue weighted by molar-refractivity contribution is 6.30. The molecule has 0 saturated heterocycles. The fourth-order valence-corrected chi connectivity index (χ4v) is 2.99. The van der Waals surface area contributed by atoms with Gasteiger partial charge in [0, 0.05) is 0 Å². The topological polar surface area (TPSA) is 27.0 Å². The van der Waals surface area contributed by atoms with Crippen LogP contribution in [0.2, 0.25) is 5.02 Å². The van der Waals surface area contributed by atoms with Crippen LogP contribution in [0.4, 0.5) is 4.39 Å². The Bertz CT molecular complexity index is 489. The highest BCUT2D eigenvalue weighted by Gasteiger charge is 2.46. The molecule has 1 saturated carbocycles. The molecule has 4 heteroatoms. The summed E-state index contributed by atoms with van der Waals surface area (Å²) in [5, 5.41) is 9.57. The smallest absolute Gasteiger partial charge is 0.141 e. The molecule has 1 atom stereocenters. The summed E-state index contributed by atoms with van der Waals surface area (Å²) in [5.74, 6) is -0.419. The summed E-state index contributed by atoms with van der Waals surface area (Å²) < 4.78 is 13.2. The molecule has 0 amide bonds. The van der Waals surface area contributed by atoms with Crippen molar-refractivity contribution in [3.05, 3.63) is 34.6 Å². The number of hydrogen-bond donors (Lipinski definition) is 0.